The summed E-state index contributed by atoms with van der Waals surface area (Å²) in [5.74, 6) is 0.475. The number of allylic oxidation sites excluding steroid dienone is 1. The van der Waals surface area contributed by atoms with E-state index in [1.165, 1.54) is 5.57 Å². The van der Waals surface area contributed by atoms with E-state index in [2.05, 4.69) is 32.1 Å². The number of rotatable bonds is 4. The molecule has 3 aliphatic rings. The Morgan fingerprint density at radius 2 is 2.00 bits per heavy atom. The van der Waals surface area contributed by atoms with Gasteiger partial charge in [-0.3, -0.25) is 0 Å². The molecule has 3 heteroatoms. The molecule has 1 saturated carbocycles. The van der Waals surface area contributed by atoms with Gasteiger partial charge in [0.15, 0.2) is 5.79 Å². The summed E-state index contributed by atoms with van der Waals surface area (Å²) >= 11 is 0. The third kappa shape index (κ3) is 1.57. The van der Waals surface area contributed by atoms with E-state index < -0.39 is 11.4 Å². The van der Waals surface area contributed by atoms with Crippen LogP contribution in [0.2, 0.25) is 0 Å². The Balaban J connectivity index is 1.97. The van der Waals surface area contributed by atoms with Crippen molar-refractivity contribution in [3.05, 3.63) is 23.8 Å². The highest BCUT2D eigenvalue weighted by Gasteiger charge is 2.66. The molecule has 0 spiro atoms. The first-order valence-electron chi connectivity index (χ1n) is 7.75. The van der Waals surface area contributed by atoms with E-state index in [9.17, 15) is 5.11 Å². The van der Waals surface area contributed by atoms with Gasteiger partial charge in [-0.15, -0.1) is 0 Å². The van der Waals surface area contributed by atoms with Gasteiger partial charge >= 0.3 is 0 Å². The molecule has 0 unspecified atom stereocenters. The molecule has 1 N–H and O–H groups in total. The molecule has 0 saturated heterocycles. The fourth-order valence-corrected chi connectivity index (χ4v) is 4.90. The Morgan fingerprint density at radius 1 is 1.30 bits per heavy atom. The highest BCUT2D eigenvalue weighted by atomic mass is 16.7. The van der Waals surface area contributed by atoms with Gasteiger partial charge in [0.25, 0.3) is 0 Å². The van der Waals surface area contributed by atoms with Crippen molar-refractivity contribution in [2.75, 3.05) is 14.2 Å². The summed E-state index contributed by atoms with van der Waals surface area (Å²) < 4.78 is 11.4. The van der Waals surface area contributed by atoms with Gasteiger partial charge in [0.2, 0.25) is 0 Å². The van der Waals surface area contributed by atoms with Crippen LogP contribution >= 0.6 is 0 Å². The van der Waals surface area contributed by atoms with Crippen molar-refractivity contribution >= 4 is 0 Å². The summed E-state index contributed by atoms with van der Waals surface area (Å²) in [6, 6.07) is 0. The second-order valence-corrected chi connectivity index (χ2v) is 6.61. The Labute approximate surface area is 121 Å². The molecule has 3 nitrogen and oxygen atoms in total. The van der Waals surface area contributed by atoms with Crippen LogP contribution < -0.4 is 0 Å². The van der Waals surface area contributed by atoms with Gasteiger partial charge in [0.05, 0.1) is 11.5 Å². The molecule has 20 heavy (non-hydrogen) atoms. The van der Waals surface area contributed by atoms with Crippen molar-refractivity contribution in [3.63, 3.8) is 0 Å². The van der Waals surface area contributed by atoms with Crippen molar-refractivity contribution in [1.29, 1.82) is 0 Å². The van der Waals surface area contributed by atoms with E-state index in [1.807, 2.05) is 0 Å². The topological polar surface area (TPSA) is 38.7 Å². The van der Waals surface area contributed by atoms with Gasteiger partial charge in [0, 0.05) is 20.1 Å². The van der Waals surface area contributed by atoms with Crippen molar-refractivity contribution in [2.24, 2.45) is 23.7 Å². The lowest BCUT2D eigenvalue weighted by Crippen LogP contribution is -2.47. The van der Waals surface area contributed by atoms with Crippen LogP contribution in [0.15, 0.2) is 23.8 Å². The maximum atomic E-state index is 11.4. The fraction of sp³-hybridized carbons (Fsp3) is 0.765. The standard InChI is InChI=1S/C17H26O3/c1-5-13-11(2)6-8-14(13)16(18)10-12-7-9-15(16)17(12,19-3)20-4/h7-9,11-13,15,18H,5-6,10H2,1-4H3/t11-,12-,13-,15-,16+/m1/s1. The Bertz CT molecular complexity index is 449. The van der Waals surface area contributed by atoms with Crippen molar-refractivity contribution in [1.82, 2.24) is 0 Å². The summed E-state index contributed by atoms with van der Waals surface area (Å²) in [6.07, 6.45) is 9.38. The largest absolute Gasteiger partial charge is 0.385 e. The van der Waals surface area contributed by atoms with Gasteiger partial charge in [-0.05, 0) is 36.7 Å². The normalized spacial score (nSPS) is 45.1. The first-order valence-corrected chi connectivity index (χ1v) is 7.75. The third-order valence-electron chi connectivity index (χ3n) is 5.91. The lowest BCUT2D eigenvalue weighted by atomic mass is 9.74. The maximum absolute atomic E-state index is 11.4. The molecule has 0 aromatic heterocycles. The van der Waals surface area contributed by atoms with Crippen LogP contribution in [0.5, 0.6) is 0 Å². The molecule has 0 radical (unpaired) electrons. The molecule has 3 rings (SSSR count). The Morgan fingerprint density at radius 3 is 2.55 bits per heavy atom. The zero-order valence-corrected chi connectivity index (χ0v) is 12.9. The minimum absolute atomic E-state index is 0.0967. The van der Waals surface area contributed by atoms with Gasteiger partial charge in [0.1, 0.15) is 0 Å². The summed E-state index contributed by atoms with van der Waals surface area (Å²) in [4.78, 5) is 0. The number of fused-ring (bicyclic) bond motifs is 2. The molecule has 2 bridgehead atoms. The molecule has 0 amide bonds. The van der Waals surface area contributed by atoms with Gasteiger partial charge in [-0.2, -0.15) is 0 Å². The smallest absolute Gasteiger partial charge is 0.183 e. The molecule has 0 aromatic carbocycles. The van der Waals surface area contributed by atoms with Gasteiger partial charge < -0.3 is 14.6 Å². The average Bonchev–Trinajstić information content (AvgIpc) is 3.06. The maximum Gasteiger partial charge on any atom is 0.183 e. The van der Waals surface area contributed by atoms with E-state index in [0.29, 0.717) is 18.3 Å². The molecule has 0 aromatic rings. The molecule has 112 valence electrons. The molecule has 1 fully saturated rings. The first kappa shape index (κ1) is 14.3. The molecular formula is C17H26O3. The molecule has 0 heterocycles. The van der Waals surface area contributed by atoms with E-state index in [-0.39, 0.29) is 11.8 Å². The minimum atomic E-state index is -0.795. The predicted molar refractivity (Wildman–Crippen MR) is 78.1 cm³/mol. The lowest BCUT2D eigenvalue weighted by Gasteiger charge is -2.38. The van der Waals surface area contributed by atoms with Gasteiger partial charge in [-0.25, -0.2) is 0 Å². The number of aliphatic hydroxyl groups is 1. The van der Waals surface area contributed by atoms with Crippen molar-refractivity contribution in [3.8, 4) is 0 Å². The molecule has 5 atom stereocenters. The summed E-state index contributed by atoms with van der Waals surface area (Å²) in [6.45, 7) is 4.50. The second-order valence-electron chi connectivity index (χ2n) is 6.61. The third-order valence-corrected chi connectivity index (χ3v) is 5.91. The van der Waals surface area contributed by atoms with E-state index in [4.69, 9.17) is 9.47 Å². The van der Waals surface area contributed by atoms with Crippen molar-refractivity contribution in [2.45, 2.75) is 44.5 Å². The monoisotopic (exact) mass is 278 g/mol. The highest BCUT2D eigenvalue weighted by Crippen LogP contribution is 2.60. The van der Waals surface area contributed by atoms with Crippen LogP contribution in [0, 0.1) is 23.7 Å². The predicted octanol–water partition coefficient (Wildman–Crippen LogP) is 2.90. The summed E-state index contributed by atoms with van der Waals surface area (Å²) in [5.41, 5.74) is 0.430. The Kier molecular flexibility index (Phi) is 3.35. The zero-order chi connectivity index (χ0) is 14.5. The van der Waals surface area contributed by atoms with Crippen LogP contribution in [-0.2, 0) is 9.47 Å². The number of hydrogen-bond donors (Lipinski definition) is 1. The second kappa shape index (κ2) is 4.69. The molecule has 3 aliphatic carbocycles. The molecule has 0 aliphatic heterocycles. The molecular weight excluding hydrogens is 252 g/mol. The zero-order valence-electron chi connectivity index (χ0n) is 12.9. The summed E-state index contributed by atoms with van der Waals surface area (Å²) in [7, 11) is 3.37. The minimum Gasteiger partial charge on any atom is -0.385 e. The van der Waals surface area contributed by atoms with Crippen LogP contribution in [0.4, 0.5) is 0 Å². The van der Waals surface area contributed by atoms with Crippen LogP contribution in [-0.4, -0.2) is 30.7 Å². The average molecular weight is 278 g/mol. The quantitative estimate of drug-likeness (QED) is 0.635. The van der Waals surface area contributed by atoms with Crippen molar-refractivity contribution < 1.29 is 14.6 Å². The Hall–Kier alpha value is -0.640. The van der Waals surface area contributed by atoms with Crippen LogP contribution in [0.1, 0.15) is 33.1 Å². The highest BCUT2D eigenvalue weighted by molar-refractivity contribution is 5.37. The number of methoxy groups -OCH3 is 2. The summed E-state index contributed by atoms with van der Waals surface area (Å²) in [5, 5.41) is 11.4. The van der Waals surface area contributed by atoms with E-state index in [1.54, 1.807) is 14.2 Å². The SMILES string of the molecule is CC[C@H]1C([C@@]2(O)C[C@H]3C=C[C@H]2C3(OC)OC)=CC[C@H]1C. The van der Waals surface area contributed by atoms with Crippen LogP contribution in [0.3, 0.4) is 0 Å². The van der Waals surface area contributed by atoms with E-state index >= 15 is 0 Å². The van der Waals surface area contributed by atoms with Crippen LogP contribution in [0.25, 0.3) is 0 Å². The number of ether oxygens (including phenoxy) is 2. The first-order chi connectivity index (χ1) is 9.53. The fourth-order valence-electron chi connectivity index (χ4n) is 4.90. The van der Waals surface area contributed by atoms with Gasteiger partial charge in [-0.1, -0.05) is 32.1 Å². The van der Waals surface area contributed by atoms with E-state index in [0.717, 1.165) is 12.8 Å². The number of hydrogen-bond acceptors (Lipinski definition) is 3. The lowest BCUT2D eigenvalue weighted by molar-refractivity contribution is -0.238.